The van der Waals surface area contributed by atoms with Crippen molar-refractivity contribution in [1.29, 1.82) is 5.26 Å². The molecule has 2 N–H and O–H groups in total. The highest BCUT2D eigenvalue weighted by Crippen LogP contribution is 2.41. The molecule has 3 heterocycles. The van der Waals surface area contributed by atoms with E-state index in [1.165, 1.54) is 22.7 Å². The number of nitrogens with one attached hydrogen (secondary N) is 1. The van der Waals surface area contributed by atoms with Gasteiger partial charge in [0.05, 0.1) is 5.69 Å². The quantitative estimate of drug-likeness (QED) is 0.138. The number of aryl methyl sites for hydroxylation is 8. The Bertz CT molecular complexity index is 2080. The van der Waals surface area contributed by atoms with Gasteiger partial charge in [-0.3, -0.25) is 0 Å². The van der Waals surface area contributed by atoms with Crippen LogP contribution in [-0.4, -0.2) is 42.4 Å². The molecule has 12 heteroatoms. The van der Waals surface area contributed by atoms with Gasteiger partial charge in [-0.1, -0.05) is 56.2 Å². The molecule has 5 aromatic rings. The largest absolute Gasteiger partial charge is 0.396 e. The predicted molar refractivity (Wildman–Crippen MR) is 202 cm³/mol. The van der Waals surface area contributed by atoms with E-state index in [1.807, 2.05) is 40.7 Å². The van der Waals surface area contributed by atoms with Gasteiger partial charge < -0.3 is 15.3 Å². The zero-order chi connectivity index (χ0) is 36.5. The highest BCUT2D eigenvalue weighted by molar-refractivity contribution is 7.08. The maximum Gasteiger partial charge on any atom is 0.232 e. The van der Waals surface area contributed by atoms with Gasteiger partial charge in [-0.15, -0.1) is 10.2 Å². The Morgan fingerprint density at radius 1 is 0.880 bits per heavy atom. The Morgan fingerprint density at radius 2 is 1.50 bits per heavy atom. The fraction of sp³-hybridized carbons (Fsp3) is 0.395. The van der Waals surface area contributed by atoms with Crippen molar-refractivity contribution in [3.63, 3.8) is 0 Å². The minimum Gasteiger partial charge on any atom is -0.396 e. The molecule has 0 fully saturated rings. The number of aromatic nitrogens is 5. The zero-order valence-corrected chi connectivity index (χ0v) is 31.7. The minimum atomic E-state index is -0.434. The van der Waals surface area contributed by atoms with Crippen LogP contribution < -0.4 is 10.2 Å². The third kappa shape index (κ3) is 7.44. The number of hydrogen-bond acceptors (Lipinski definition) is 11. The van der Waals surface area contributed by atoms with Crippen molar-refractivity contribution in [2.45, 2.75) is 88.0 Å². The fourth-order valence-electron chi connectivity index (χ4n) is 6.40. The summed E-state index contributed by atoms with van der Waals surface area (Å²) in [4.78, 5) is 11.9. The van der Waals surface area contributed by atoms with Gasteiger partial charge in [-0.2, -0.15) is 19.4 Å². The van der Waals surface area contributed by atoms with E-state index >= 15 is 0 Å². The van der Waals surface area contributed by atoms with E-state index in [0.29, 0.717) is 46.7 Å². The Hall–Kier alpha value is -4.99. The molecule has 0 spiro atoms. The first-order valence-corrected chi connectivity index (χ1v) is 17.5. The number of nitrogens with zero attached hydrogens (tertiary/aromatic N) is 9. The van der Waals surface area contributed by atoms with Crippen LogP contribution in [0.4, 0.5) is 34.5 Å². The van der Waals surface area contributed by atoms with Gasteiger partial charge in [0.1, 0.15) is 29.0 Å². The molecule has 0 aliphatic heterocycles. The van der Waals surface area contributed by atoms with Gasteiger partial charge in [-0.25, -0.2) is 9.97 Å². The van der Waals surface area contributed by atoms with E-state index < -0.39 is 5.41 Å². The molecule has 3 aromatic heterocycles. The molecule has 0 bridgehead atoms. The average molecular weight is 691 g/mol. The third-order valence-corrected chi connectivity index (χ3v) is 9.22. The Labute approximate surface area is 298 Å². The molecule has 0 unspecified atom stereocenters. The topological polar surface area (TPSA) is 140 Å². The van der Waals surface area contributed by atoms with Crippen molar-refractivity contribution in [3.8, 4) is 11.2 Å². The Morgan fingerprint density at radius 3 is 2.04 bits per heavy atom. The second kappa shape index (κ2) is 14.5. The molecule has 0 aliphatic carbocycles. The van der Waals surface area contributed by atoms with Gasteiger partial charge in [-0.05, 0) is 95.7 Å². The van der Waals surface area contributed by atoms with Crippen molar-refractivity contribution in [3.05, 3.63) is 86.4 Å². The second-order valence-electron chi connectivity index (χ2n) is 14.0. The monoisotopic (exact) mass is 690 g/mol. The summed E-state index contributed by atoms with van der Waals surface area (Å²) in [5.41, 5.74) is 10.6. The lowest BCUT2D eigenvalue weighted by Crippen LogP contribution is -2.23. The summed E-state index contributed by atoms with van der Waals surface area (Å²) in [5.74, 6) is 2.12. The summed E-state index contributed by atoms with van der Waals surface area (Å²) < 4.78 is 5.90. The van der Waals surface area contributed by atoms with Crippen molar-refractivity contribution in [1.82, 2.24) is 24.1 Å². The molecule has 0 radical (unpaired) electrons. The molecule has 0 saturated carbocycles. The summed E-state index contributed by atoms with van der Waals surface area (Å²) >= 11 is 1.19. The van der Waals surface area contributed by atoms with Crippen LogP contribution in [0, 0.1) is 66.7 Å². The van der Waals surface area contributed by atoms with Crippen LogP contribution in [0.5, 0.6) is 0 Å². The maximum atomic E-state index is 10.4. The lowest BCUT2D eigenvalue weighted by atomic mass is 9.90. The molecule has 0 amide bonds. The average Bonchev–Trinajstić information content (AvgIpc) is 3.62. The third-order valence-electron chi connectivity index (χ3n) is 8.44. The van der Waals surface area contributed by atoms with Crippen molar-refractivity contribution < 1.29 is 5.11 Å². The number of pyridine rings is 1. The number of hydrogen-bond donors (Lipinski definition) is 2. The second-order valence-corrected chi connectivity index (χ2v) is 14.7. The van der Waals surface area contributed by atoms with E-state index in [2.05, 4.69) is 91.5 Å². The smallest absolute Gasteiger partial charge is 0.232 e. The number of anilines is 4. The Kier molecular flexibility index (Phi) is 10.5. The molecule has 5 rings (SSSR count). The van der Waals surface area contributed by atoms with Crippen LogP contribution in [0.25, 0.3) is 5.13 Å². The first kappa shape index (κ1) is 36.3. The van der Waals surface area contributed by atoms with Gasteiger partial charge in [0.25, 0.3) is 0 Å². The van der Waals surface area contributed by atoms with Crippen LogP contribution in [0.2, 0.25) is 0 Å². The van der Waals surface area contributed by atoms with Crippen molar-refractivity contribution >= 4 is 46.0 Å². The van der Waals surface area contributed by atoms with Crippen LogP contribution in [-0.2, 0) is 5.41 Å². The van der Waals surface area contributed by atoms with Crippen LogP contribution in [0.1, 0.15) is 83.2 Å². The standard InChI is InChI=1S/C38H46N10OS/c1-21-15-23(3)31(24(4)16-21)42-35-32(25(5)19-30(41-35)47(13-12-14-49)33-26(6)17-22(2)18-27(33)7)43-44-36-29(20-39)34(38(9,10)11)45-48(36)37-40-28(8)46-50-37/h15-19,49H,12-14H2,1-11H3,(H,41,42). The zero-order valence-electron chi connectivity index (χ0n) is 30.9. The molecule has 2 aromatic carbocycles. The Balaban J connectivity index is 1.75. The maximum absolute atomic E-state index is 10.4. The number of azo groups is 1. The fourth-order valence-corrected chi connectivity index (χ4v) is 7.03. The highest BCUT2D eigenvalue weighted by atomic mass is 32.1. The molecular formula is C38H46N10OS. The van der Waals surface area contributed by atoms with Crippen LogP contribution >= 0.6 is 11.5 Å². The van der Waals surface area contributed by atoms with E-state index in [0.717, 1.165) is 45.0 Å². The van der Waals surface area contributed by atoms with Crippen molar-refractivity contribution in [2.24, 2.45) is 10.2 Å². The molecule has 0 saturated heterocycles. The van der Waals surface area contributed by atoms with Gasteiger partial charge in [0, 0.05) is 41.5 Å². The summed E-state index contributed by atoms with van der Waals surface area (Å²) in [7, 11) is 0. The number of aliphatic hydroxyl groups excluding tert-OH is 1. The van der Waals surface area contributed by atoms with Crippen LogP contribution in [0.15, 0.2) is 40.6 Å². The normalized spacial score (nSPS) is 11.7. The minimum absolute atomic E-state index is 0.0538. The van der Waals surface area contributed by atoms with E-state index in [9.17, 15) is 10.4 Å². The SMILES string of the molecule is Cc1cc(C)c(Nc2nc(N(CCCO)c3c(C)cc(C)cc3C)cc(C)c2N=Nc2c(C#N)c(C(C)(C)C)nn2-c2nc(C)ns2)c(C)c1. The molecule has 50 heavy (non-hydrogen) atoms. The molecule has 0 aliphatic rings. The predicted octanol–water partition coefficient (Wildman–Crippen LogP) is 9.43. The molecule has 260 valence electrons. The summed E-state index contributed by atoms with van der Waals surface area (Å²) in [5, 5.41) is 38.7. The van der Waals surface area contributed by atoms with Gasteiger partial charge >= 0.3 is 0 Å². The summed E-state index contributed by atoms with van der Waals surface area (Å²) in [6.07, 6.45) is 0.565. The summed E-state index contributed by atoms with van der Waals surface area (Å²) in [6.45, 7) is 23.0. The lowest BCUT2D eigenvalue weighted by molar-refractivity contribution is 0.290. The highest BCUT2D eigenvalue weighted by Gasteiger charge is 2.29. The van der Waals surface area contributed by atoms with Crippen molar-refractivity contribution in [2.75, 3.05) is 23.4 Å². The van der Waals surface area contributed by atoms with E-state index in [1.54, 1.807) is 4.68 Å². The number of nitriles is 1. The molecular weight excluding hydrogens is 645 g/mol. The number of aliphatic hydroxyl groups is 1. The number of benzene rings is 2. The first-order valence-electron chi connectivity index (χ1n) is 16.7. The van der Waals surface area contributed by atoms with E-state index in [4.69, 9.17) is 20.3 Å². The number of rotatable bonds is 10. The van der Waals surface area contributed by atoms with Crippen LogP contribution in [0.3, 0.4) is 0 Å². The van der Waals surface area contributed by atoms with Gasteiger partial charge in [0.2, 0.25) is 5.13 Å². The first-order chi connectivity index (χ1) is 23.6. The lowest BCUT2D eigenvalue weighted by Gasteiger charge is -2.29. The summed E-state index contributed by atoms with van der Waals surface area (Å²) in [6, 6.07) is 12.9. The van der Waals surface area contributed by atoms with E-state index in [-0.39, 0.29) is 12.4 Å². The van der Waals surface area contributed by atoms with Gasteiger partial charge in [0.15, 0.2) is 11.6 Å². The molecule has 0 atom stereocenters. The molecule has 11 nitrogen and oxygen atoms in total.